The zero-order chi connectivity index (χ0) is 8.20. The van der Waals surface area contributed by atoms with Crippen molar-refractivity contribution < 1.29 is 0 Å². The Morgan fingerprint density at radius 3 is 1.90 bits per heavy atom. The maximum atomic E-state index is 3.97. The molecule has 0 spiro atoms. The molecule has 0 aliphatic carbocycles. The molecular formula is C10H21. The van der Waals surface area contributed by atoms with Crippen molar-refractivity contribution in [2.75, 3.05) is 0 Å². The van der Waals surface area contributed by atoms with E-state index in [2.05, 4.69) is 34.6 Å². The van der Waals surface area contributed by atoms with E-state index in [1.807, 2.05) is 0 Å². The van der Waals surface area contributed by atoms with Gasteiger partial charge in [0.2, 0.25) is 0 Å². The normalized spacial score (nSPS) is 12.6. The number of rotatable bonds is 4. The van der Waals surface area contributed by atoms with E-state index in [1.54, 1.807) is 0 Å². The maximum Gasteiger partial charge on any atom is -0.0329 e. The molecule has 0 saturated heterocycles. The quantitative estimate of drug-likeness (QED) is 0.560. The van der Waals surface area contributed by atoms with Crippen molar-refractivity contribution in [1.82, 2.24) is 0 Å². The minimum absolute atomic E-state index is 0.497. The second-order valence-corrected chi connectivity index (χ2v) is 3.74. The minimum atomic E-state index is 0.497. The van der Waals surface area contributed by atoms with Crippen LogP contribution in [0, 0.1) is 18.3 Å². The highest BCUT2D eigenvalue weighted by Gasteiger charge is 2.23. The van der Waals surface area contributed by atoms with Crippen LogP contribution in [0.15, 0.2) is 0 Å². The topological polar surface area (TPSA) is 0 Å². The van der Waals surface area contributed by atoms with Crippen LogP contribution in [0.2, 0.25) is 0 Å². The summed E-state index contributed by atoms with van der Waals surface area (Å²) < 4.78 is 0. The zero-order valence-electron chi connectivity index (χ0n) is 7.91. The molecule has 0 saturated carbocycles. The Balaban J connectivity index is 3.97. The molecule has 0 aromatic rings. The Morgan fingerprint density at radius 2 is 1.80 bits per heavy atom. The van der Waals surface area contributed by atoms with Gasteiger partial charge in [0, 0.05) is 0 Å². The van der Waals surface area contributed by atoms with Crippen molar-refractivity contribution in [3.8, 4) is 0 Å². The van der Waals surface area contributed by atoms with Gasteiger partial charge in [-0.1, -0.05) is 47.5 Å². The number of hydrogen-bond acceptors (Lipinski definition) is 0. The van der Waals surface area contributed by atoms with Gasteiger partial charge in [-0.3, -0.25) is 0 Å². The van der Waals surface area contributed by atoms with Gasteiger partial charge in [0.15, 0.2) is 0 Å². The largest absolute Gasteiger partial charge is 0.0651 e. The summed E-state index contributed by atoms with van der Waals surface area (Å²) in [6, 6.07) is 0. The Labute approximate surface area is 66.0 Å². The third-order valence-electron chi connectivity index (χ3n) is 2.86. The summed E-state index contributed by atoms with van der Waals surface area (Å²) in [6.45, 7) is 13.2. The van der Waals surface area contributed by atoms with Gasteiger partial charge < -0.3 is 0 Å². The van der Waals surface area contributed by atoms with Crippen LogP contribution in [0.3, 0.4) is 0 Å². The third-order valence-corrected chi connectivity index (χ3v) is 2.86. The fraction of sp³-hybridized carbons (Fsp3) is 0.900. The first-order chi connectivity index (χ1) is 4.58. The van der Waals surface area contributed by atoms with Crippen LogP contribution in [-0.2, 0) is 0 Å². The molecule has 0 aliphatic rings. The van der Waals surface area contributed by atoms with Crippen LogP contribution < -0.4 is 0 Å². The smallest absolute Gasteiger partial charge is 0.0329 e. The summed E-state index contributed by atoms with van der Waals surface area (Å²) in [6.07, 6.45) is 3.61. The zero-order valence-corrected chi connectivity index (χ0v) is 7.91. The molecule has 0 amide bonds. The molecule has 1 atom stereocenters. The van der Waals surface area contributed by atoms with E-state index in [4.69, 9.17) is 0 Å². The van der Waals surface area contributed by atoms with Crippen molar-refractivity contribution in [3.63, 3.8) is 0 Å². The summed E-state index contributed by atoms with van der Waals surface area (Å²) in [4.78, 5) is 0. The van der Waals surface area contributed by atoms with Gasteiger partial charge in [-0.05, 0) is 17.8 Å². The lowest BCUT2D eigenvalue weighted by Gasteiger charge is -2.31. The van der Waals surface area contributed by atoms with Crippen LogP contribution in [0.5, 0.6) is 0 Å². The fourth-order valence-electron chi connectivity index (χ4n) is 1.44. The molecule has 0 heteroatoms. The molecule has 0 bridgehead atoms. The highest BCUT2D eigenvalue weighted by molar-refractivity contribution is 4.76. The van der Waals surface area contributed by atoms with Crippen molar-refractivity contribution >= 4 is 0 Å². The molecule has 0 heterocycles. The van der Waals surface area contributed by atoms with Crippen LogP contribution >= 0.6 is 0 Å². The van der Waals surface area contributed by atoms with Crippen molar-refractivity contribution in [2.45, 2.75) is 47.0 Å². The molecule has 0 nitrogen and oxygen atoms in total. The van der Waals surface area contributed by atoms with E-state index in [9.17, 15) is 0 Å². The van der Waals surface area contributed by atoms with Crippen LogP contribution in [-0.4, -0.2) is 0 Å². The Kier molecular flexibility index (Phi) is 4.00. The van der Waals surface area contributed by atoms with Gasteiger partial charge >= 0.3 is 0 Å². The molecule has 10 heavy (non-hydrogen) atoms. The molecule has 61 valence electrons. The lowest BCUT2D eigenvalue weighted by Crippen LogP contribution is -2.21. The molecule has 0 rings (SSSR count). The SMILES string of the molecule is [CH2]CC(CC)C(C)(C)CC. The fourth-order valence-corrected chi connectivity index (χ4v) is 1.44. The minimum Gasteiger partial charge on any atom is -0.0651 e. The Morgan fingerprint density at radius 1 is 1.30 bits per heavy atom. The van der Waals surface area contributed by atoms with Gasteiger partial charge in [-0.2, -0.15) is 0 Å². The van der Waals surface area contributed by atoms with Crippen LogP contribution in [0.4, 0.5) is 0 Å². The van der Waals surface area contributed by atoms with Gasteiger partial charge in [0.05, 0.1) is 0 Å². The van der Waals surface area contributed by atoms with Crippen molar-refractivity contribution in [3.05, 3.63) is 6.92 Å². The molecule has 0 fully saturated rings. The average molecular weight is 141 g/mol. The van der Waals surface area contributed by atoms with Crippen LogP contribution in [0.25, 0.3) is 0 Å². The first-order valence-corrected chi connectivity index (χ1v) is 4.37. The van der Waals surface area contributed by atoms with Gasteiger partial charge in [-0.25, -0.2) is 0 Å². The van der Waals surface area contributed by atoms with E-state index in [1.165, 1.54) is 12.8 Å². The first kappa shape index (κ1) is 10.0. The third kappa shape index (κ3) is 2.32. The molecule has 0 aliphatic heterocycles. The molecule has 1 radical (unpaired) electrons. The highest BCUT2D eigenvalue weighted by Crippen LogP contribution is 2.34. The predicted octanol–water partition coefficient (Wildman–Crippen LogP) is 3.67. The van der Waals surface area contributed by atoms with Gasteiger partial charge in [0.1, 0.15) is 0 Å². The second kappa shape index (κ2) is 4.00. The van der Waals surface area contributed by atoms with Crippen molar-refractivity contribution in [2.24, 2.45) is 11.3 Å². The summed E-state index contributed by atoms with van der Waals surface area (Å²) in [5, 5.41) is 0. The summed E-state index contributed by atoms with van der Waals surface area (Å²) in [5.74, 6) is 0.803. The molecule has 0 aromatic carbocycles. The standard InChI is InChI=1S/C10H21/c1-6-9(7-2)10(4,5)8-3/h9H,1,6-8H2,2-5H3. The first-order valence-electron chi connectivity index (χ1n) is 4.37. The van der Waals surface area contributed by atoms with E-state index in [0.29, 0.717) is 5.41 Å². The molecule has 1 unspecified atom stereocenters. The summed E-state index contributed by atoms with van der Waals surface area (Å²) in [7, 11) is 0. The lowest BCUT2D eigenvalue weighted by atomic mass is 9.74. The average Bonchev–Trinajstić information content (AvgIpc) is 1.90. The van der Waals surface area contributed by atoms with E-state index in [0.717, 1.165) is 12.3 Å². The second-order valence-electron chi connectivity index (χ2n) is 3.74. The summed E-state index contributed by atoms with van der Waals surface area (Å²) in [5.41, 5.74) is 0.497. The van der Waals surface area contributed by atoms with Crippen LogP contribution in [0.1, 0.15) is 47.0 Å². The van der Waals surface area contributed by atoms with E-state index < -0.39 is 0 Å². The van der Waals surface area contributed by atoms with Gasteiger partial charge in [-0.15, -0.1) is 0 Å². The van der Waals surface area contributed by atoms with E-state index >= 15 is 0 Å². The monoisotopic (exact) mass is 141 g/mol. The molecular weight excluding hydrogens is 120 g/mol. The molecule has 0 aromatic heterocycles. The summed E-state index contributed by atoms with van der Waals surface area (Å²) >= 11 is 0. The number of hydrogen-bond donors (Lipinski definition) is 0. The molecule has 0 N–H and O–H groups in total. The van der Waals surface area contributed by atoms with Gasteiger partial charge in [0.25, 0.3) is 0 Å². The van der Waals surface area contributed by atoms with E-state index in [-0.39, 0.29) is 0 Å². The van der Waals surface area contributed by atoms with Crippen molar-refractivity contribution in [1.29, 1.82) is 0 Å². The highest BCUT2D eigenvalue weighted by atomic mass is 14.3. The Hall–Kier alpha value is 0. The predicted molar refractivity (Wildman–Crippen MR) is 47.8 cm³/mol. The maximum absolute atomic E-state index is 3.97. The Bertz CT molecular complexity index is 78.0. The lowest BCUT2D eigenvalue weighted by molar-refractivity contribution is 0.198.